The predicted octanol–water partition coefficient (Wildman–Crippen LogP) is 0.815. The molecule has 19 heavy (non-hydrogen) atoms. The van der Waals surface area contributed by atoms with Gasteiger partial charge in [-0.25, -0.2) is 9.59 Å². The molecule has 0 aromatic heterocycles. The van der Waals surface area contributed by atoms with Crippen LogP contribution < -0.4 is 10.6 Å². The van der Waals surface area contributed by atoms with Gasteiger partial charge in [-0.15, -0.1) is 0 Å². The number of urea groups is 1. The zero-order chi connectivity index (χ0) is 13.9. The van der Waals surface area contributed by atoms with Crippen LogP contribution in [0, 0.1) is 0 Å². The Balaban J connectivity index is 1.85. The number of hydrogen-bond acceptors (Lipinski definition) is 4. The summed E-state index contributed by atoms with van der Waals surface area (Å²) in [6.45, 7) is 0.974. The van der Waals surface area contributed by atoms with E-state index in [-0.39, 0.29) is 11.4 Å². The van der Waals surface area contributed by atoms with E-state index < -0.39 is 17.5 Å². The van der Waals surface area contributed by atoms with Crippen LogP contribution >= 0.6 is 11.8 Å². The van der Waals surface area contributed by atoms with Crippen molar-refractivity contribution in [2.75, 3.05) is 26.0 Å². The fraction of sp³-hybridized carbons (Fsp3) is 0.833. The van der Waals surface area contributed by atoms with Crippen molar-refractivity contribution in [3.63, 3.8) is 0 Å². The number of ether oxygens (including phenoxy) is 1. The summed E-state index contributed by atoms with van der Waals surface area (Å²) in [6, 6.07) is -0.423. The second-order valence-electron chi connectivity index (χ2n) is 5.24. The van der Waals surface area contributed by atoms with E-state index >= 15 is 0 Å². The molecule has 1 saturated carbocycles. The maximum atomic E-state index is 11.9. The van der Waals surface area contributed by atoms with E-state index in [1.165, 1.54) is 6.42 Å². The lowest BCUT2D eigenvalue weighted by Gasteiger charge is -2.40. The normalized spacial score (nSPS) is 28.5. The highest BCUT2D eigenvalue weighted by molar-refractivity contribution is 8.00. The summed E-state index contributed by atoms with van der Waals surface area (Å²) in [5.41, 5.74) is -1.27. The van der Waals surface area contributed by atoms with Crippen LogP contribution in [0.5, 0.6) is 0 Å². The summed E-state index contributed by atoms with van der Waals surface area (Å²) < 4.78 is 5.23. The van der Waals surface area contributed by atoms with Gasteiger partial charge in [-0.1, -0.05) is 6.42 Å². The van der Waals surface area contributed by atoms with Gasteiger partial charge >= 0.3 is 12.0 Å². The Bertz CT molecular complexity index is 359. The van der Waals surface area contributed by atoms with Crippen LogP contribution in [0.1, 0.15) is 25.7 Å². The first kappa shape index (κ1) is 14.5. The molecule has 108 valence electrons. The Morgan fingerprint density at radius 2 is 2.11 bits per heavy atom. The van der Waals surface area contributed by atoms with E-state index in [1.54, 1.807) is 11.8 Å². The van der Waals surface area contributed by atoms with Crippen LogP contribution in [0.25, 0.3) is 0 Å². The smallest absolute Gasteiger partial charge is 0.332 e. The van der Waals surface area contributed by atoms with E-state index in [0.717, 1.165) is 12.8 Å². The first-order valence-corrected chi connectivity index (χ1v) is 7.67. The lowest BCUT2D eigenvalue weighted by Crippen LogP contribution is -2.59. The van der Waals surface area contributed by atoms with Crippen molar-refractivity contribution in [1.82, 2.24) is 10.6 Å². The van der Waals surface area contributed by atoms with Crippen molar-refractivity contribution in [1.29, 1.82) is 0 Å². The maximum Gasteiger partial charge on any atom is 0.332 e. The summed E-state index contributed by atoms with van der Waals surface area (Å²) in [5.74, 6) is -1.04. The first-order valence-electron chi connectivity index (χ1n) is 6.44. The minimum absolute atomic E-state index is 0.0312. The van der Waals surface area contributed by atoms with Gasteiger partial charge < -0.3 is 20.5 Å². The summed E-state index contributed by atoms with van der Waals surface area (Å²) in [5, 5.41) is 14.6. The van der Waals surface area contributed by atoms with Crippen LogP contribution in [0.15, 0.2) is 0 Å². The lowest BCUT2D eigenvalue weighted by atomic mass is 9.84. The largest absolute Gasteiger partial charge is 0.479 e. The molecule has 0 aromatic carbocycles. The van der Waals surface area contributed by atoms with Crippen LogP contribution in [0.3, 0.4) is 0 Å². The second-order valence-corrected chi connectivity index (χ2v) is 6.51. The Hall–Kier alpha value is -0.950. The third kappa shape index (κ3) is 2.97. The van der Waals surface area contributed by atoms with Crippen molar-refractivity contribution >= 4 is 23.8 Å². The quantitative estimate of drug-likeness (QED) is 0.697. The van der Waals surface area contributed by atoms with E-state index in [2.05, 4.69) is 10.6 Å². The monoisotopic (exact) mass is 288 g/mol. The number of thioether (sulfide) groups is 1. The molecule has 6 nitrogen and oxygen atoms in total. The van der Waals surface area contributed by atoms with Gasteiger partial charge in [-0.2, -0.15) is 11.8 Å². The number of rotatable bonds is 5. The molecule has 1 aliphatic heterocycles. The second kappa shape index (κ2) is 5.58. The summed E-state index contributed by atoms with van der Waals surface area (Å²) in [4.78, 5) is 23.1. The van der Waals surface area contributed by atoms with E-state index in [1.807, 2.05) is 6.26 Å². The van der Waals surface area contributed by atoms with Crippen LogP contribution in [0.4, 0.5) is 4.79 Å². The molecule has 1 aliphatic carbocycles. The minimum Gasteiger partial charge on any atom is -0.479 e. The average Bonchev–Trinajstić information content (AvgIpc) is 2.78. The zero-order valence-corrected chi connectivity index (χ0v) is 11.8. The van der Waals surface area contributed by atoms with Gasteiger partial charge in [0.15, 0.2) is 5.54 Å². The van der Waals surface area contributed by atoms with Gasteiger partial charge in [0.1, 0.15) is 0 Å². The molecule has 1 heterocycles. The zero-order valence-electron chi connectivity index (χ0n) is 11.0. The molecule has 0 spiro atoms. The van der Waals surface area contributed by atoms with Gasteiger partial charge in [0.2, 0.25) is 0 Å². The number of hydrogen-bond donors (Lipinski definition) is 3. The molecule has 0 bridgehead atoms. The van der Waals surface area contributed by atoms with Gasteiger partial charge in [0.25, 0.3) is 0 Å². The molecule has 2 aliphatic rings. The molecule has 3 N–H and O–H groups in total. The summed E-state index contributed by atoms with van der Waals surface area (Å²) >= 11 is 1.77. The predicted molar refractivity (Wildman–Crippen MR) is 72.4 cm³/mol. The fourth-order valence-electron chi connectivity index (χ4n) is 2.41. The van der Waals surface area contributed by atoms with Gasteiger partial charge in [-0.05, 0) is 19.1 Å². The topological polar surface area (TPSA) is 87.7 Å². The first-order chi connectivity index (χ1) is 9.02. The molecule has 7 heteroatoms. The molecule has 0 aromatic rings. The van der Waals surface area contributed by atoms with E-state index in [0.29, 0.717) is 19.6 Å². The fourth-order valence-corrected chi connectivity index (χ4v) is 3.33. The third-order valence-corrected chi connectivity index (χ3v) is 5.47. The third-order valence-electron chi connectivity index (χ3n) is 4.05. The van der Waals surface area contributed by atoms with Crippen LogP contribution in [-0.4, -0.2) is 53.4 Å². The number of carbonyl (C=O) groups excluding carboxylic acids is 1. The average molecular weight is 288 g/mol. The number of carboxylic acids is 1. The van der Waals surface area contributed by atoms with Crippen molar-refractivity contribution < 1.29 is 19.4 Å². The molecule has 2 amide bonds. The van der Waals surface area contributed by atoms with Crippen LogP contribution in [0.2, 0.25) is 0 Å². The SMILES string of the molecule is CSC1(CNC(=O)NC2(C(=O)O)CCOC2)CCC1. The molecule has 0 radical (unpaired) electrons. The van der Waals surface area contributed by atoms with Crippen molar-refractivity contribution in [2.45, 2.75) is 36.0 Å². The lowest BCUT2D eigenvalue weighted by molar-refractivity contribution is -0.144. The number of nitrogens with one attached hydrogen (secondary N) is 2. The Morgan fingerprint density at radius 1 is 1.37 bits per heavy atom. The Labute approximate surface area is 116 Å². The molecule has 1 atom stereocenters. The van der Waals surface area contributed by atoms with E-state index in [4.69, 9.17) is 4.74 Å². The van der Waals surface area contributed by atoms with Crippen molar-refractivity contribution in [3.8, 4) is 0 Å². The maximum absolute atomic E-state index is 11.9. The highest BCUT2D eigenvalue weighted by Gasteiger charge is 2.44. The highest BCUT2D eigenvalue weighted by atomic mass is 32.2. The molecule has 1 unspecified atom stereocenters. The Morgan fingerprint density at radius 3 is 2.53 bits per heavy atom. The van der Waals surface area contributed by atoms with Crippen molar-refractivity contribution in [2.24, 2.45) is 0 Å². The molecular formula is C12H20N2O4S. The number of amides is 2. The summed E-state index contributed by atoms with van der Waals surface area (Å²) in [7, 11) is 0. The van der Waals surface area contributed by atoms with Gasteiger partial charge in [0, 0.05) is 24.3 Å². The van der Waals surface area contributed by atoms with Gasteiger partial charge in [0.05, 0.1) is 6.61 Å². The number of carboxylic acid groups (broad SMARTS) is 1. The van der Waals surface area contributed by atoms with Crippen LogP contribution in [-0.2, 0) is 9.53 Å². The standard InChI is InChI=1S/C12H20N2O4S/c1-19-11(3-2-4-11)7-13-10(17)14-12(9(15)16)5-6-18-8-12/h2-8H2,1H3,(H,15,16)(H2,13,14,17). The molecular weight excluding hydrogens is 268 g/mol. The summed E-state index contributed by atoms with van der Waals surface area (Å²) in [6.07, 6.45) is 5.74. The minimum atomic E-state index is -1.27. The Kier molecular flexibility index (Phi) is 4.25. The van der Waals surface area contributed by atoms with Gasteiger partial charge in [-0.3, -0.25) is 0 Å². The molecule has 1 saturated heterocycles. The van der Waals surface area contributed by atoms with Crippen molar-refractivity contribution in [3.05, 3.63) is 0 Å². The number of carbonyl (C=O) groups is 2. The molecule has 2 fully saturated rings. The molecule has 2 rings (SSSR count). The number of aliphatic carboxylic acids is 1. The highest BCUT2D eigenvalue weighted by Crippen LogP contribution is 2.42. The van der Waals surface area contributed by atoms with E-state index in [9.17, 15) is 14.7 Å².